The monoisotopic (exact) mass is 236 g/mol. The SMILES string of the molecule is CC1=CC=C(O)C(I)C1. The number of rotatable bonds is 0. The van der Waals surface area contributed by atoms with E-state index in [9.17, 15) is 0 Å². The summed E-state index contributed by atoms with van der Waals surface area (Å²) in [6.07, 6.45) is 4.73. The Kier molecular flexibility index (Phi) is 2.16. The van der Waals surface area contributed by atoms with Gasteiger partial charge in [0.05, 0.1) is 3.92 Å². The number of hydrogen-bond acceptors (Lipinski definition) is 1. The van der Waals surface area contributed by atoms with Crippen LogP contribution in [0.15, 0.2) is 23.5 Å². The average molecular weight is 236 g/mol. The third kappa shape index (κ3) is 1.71. The van der Waals surface area contributed by atoms with Crippen LogP contribution in [0.1, 0.15) is 13.3 Å². The number of aliphatic hydroxyl groups excluding tert-OH is 1. The van der Waals surface area contributed by atoms with Crippen LogP contribution in [-0.4, -0.2) is 9.03 Å². The summed E-state index contributed by atoms with van der Waals surface area (Å²) in [6, 6.07) is 0. The van der Waals surface area contributed by atoms with Gasteiger partial charge in [-0.25, -0.2) is 0 Å². The van der Waals surface area contributed by atoms with Gasteiger partial charge in [0.25, 0.3) is 0 Å². The number of allylic oxidation sites excluding steroid dienone is 4. The first-order chi connectivity index (χ1) is 4.20. The van der Waals surface area contributed by atoms with Crippen LogP contribution in [0, 0.1) is 0 Å². The Balaban J connectivity index is 2.74. The minimum atomic E-state index is 0.299. The standard InChI is InChI=1S/C7H9IO/c1-5-2-3-7(9)6(8)4-5/h2-3,6,9H,4H2,1H3. The zero-order valence-electron chi connectivity index (χ0n) is 5.26. The van der Waals surface area contributed by atoms with E-state index in [0.717, 1.165) is 6.42 Å². The van der Waals surface area contributed by atoms with Gasteiger partial charge in [-0.05, 0) is 19.4 Å². The highest BCUT2D eigenvalue weighted by molar-refractivity contribution is 14.1. The molecule has 0 bridgehead atoms. The summed E-state index contributed by atoms with van der Waals surface area (Å²) < 4.78 is 0.299. The molecular formula is C7H9IO. The van der Waals surface area contributed by atoms with Gasteiger partial charge in [-0.2, -0.15) is 0 Å². The molecule has 1 atom stereocenters. The Morgan fingerprint density at radius 2 is 2.33 bits per heavy atom. The van der Waals surface area contributed by atoms with Gasteiger partial charge in [0.15, 0.2) is 0 Å². The molecule has 2 heteroatoms. The second-order valence-electron chi connectivity index (χ2n) is 2.28. The van der Waals surface area contributed by atoms with Crippen LogP contribution in [0.25, 0.3) is 0 Å². The molecule has 0 saturated heterocycles. The third-order valence-electron chi connectivity index (χ3n) is 1.36. The van der Waals surface area contributed by atoms with E-state index < -0.39 is 0 Å². The Hall–Kier alpha value is 0.0100. The largest absolute Gasteiger partial charge is 0.511 e. The normalized spacial score (nSPS) is 27.1. The molecule has 0 aromatic heterocycles. The summed E-state index contributed by atoms with van der Waals surface area (Å²) in [7, 11) is 0. The molecule has 9 heavy (non-hydrogen) atoms. The van der Waals surface area contributed by atoms with Crippen molar-refractivity contribution in [1.82, 2.24) is 0 Å². The number of alkyl halides is 1. The topological polar surface area (TPSA) is 20.2 Å². The van der Waals surface area contributed by atoms with Gasteiger partial charge in [0.1, 0.15) is 5.76 Å². The van der Waals surface area contributed by atoms with Crippen molar-refractivity contribution in [2.45, 2.75) is 17.3 Å². The van der Waals surface area contributed by atoms with Crippen LogP contribution >= 0.6 is 22.6 Å². The minimum absolute atomic E-state index is 0.299. The summed E-state index contributed by atoms with van der Waals surface area (Å²) in [5.41, 5.74) is 1.34. The van der Waals surface area contributed by atoms with Gasteiger partial charge in [-0.3, -0.25) is 0 Å². The van der Waals surface area contributed by atoms with Crippen LogP contribution in [0.2, 0.25) is 0 Å². The summed E-state index contributed by atoms with van der Waals surface area (Å²) in [4.78, 5) is 0. The van der Waals surface area contributed by atoms with Gasteiger partial charge in [-0.15, -0.1) is 0 Å². The lowest BCUT2D eigenvalue weighted by atomic mass is 10.1. The molecule has 0 spiro atoms. The molecule has 50 valence electrons. The number of aliphatic hydroxyl groups is 1. The molecule has 0 radical (unpaired) electrons. The van der Waals surface area contributed by atoms with Gasteiger partial charge in [0, 0.05) is 0 Å². The zero-order chi connectivity index (χ0) is 6.85. The van der Waals surface area contributed by atoms with Gasteiger partial charge in [-0.1, -0.05) is 34.2 Å². The second-order valence-corrected chi connectivity index (χ2v) is 3.78. The maximum atomic E-state index is 9.10. The highest BCUT2D eigenvalue weighted by atomic mass is 127. The smallest absolute Gasteiger partial charge is 0.105 e. The predicted molar refractivity (Wildman–Crippen MR) is 46.9 cm³/mol. The van der Waals surface area contributed by atoms with Crippen molar-refractivity contribution in [3.05, 3.63) is 23.5 Å². The highest BCUT2D eigenvalue weighted by Crippen LogP contribution is 2.23. The van der Waals surface area contributed by atoms with Gasteiger partial charge < -0.3 is 5.11 Å². The van der Waals surface area contributed by atoms with Crippen molar-refractivity contribution in [3.8, 4) is 0 Å². The van der Waals surface area contributed by atoms with Crippen LogP contribution in [0.3, 0.4) is 0 Å². The van der Waals surface area contributed by atoms with Crippen LogP contribution in [-0.2, 0) is 0 Å². The first-order valence-electron chi connectivity index (χ1n) is 2.90. The molecule has 0 aliphatic heterocycles. The molecule has 0 heterocycles. The fourth-order valence-electron chi connectivity index (χ4n) is 0.787. The predicted octanol–water partition coefficient (Wildman–Crippen LogP) is 2.58. The molecule has 1 nitrogen and oxygen atoms in total. The van der Waals surface area contributed by atoms with E-state index in [0.29, 0.717) is 9.68 Å². The molecule has 1 N–H and O–H groups in total. The van der Waals surface area contributed by atoms with Crippen molar-refractivity contribution >= 4 is 22.6 Å². The fourth-order valence-corrected chi connectivity index (χ4v) is 1.69. The van der Waals surface area contributed by atoms with E-state index in [4.69, 9.17) is 5.11 Å². The molecule has 1 unspecified atom stereocenters. The number of hydrogen-bond donors (Lipinski definition) is 1. The summed E-state index contributed by atoms with van der Waals surface area (Å²) in [6.45, 7) is 2.08. The lowest BCUT2D eigenvalue weighted by molar-refractivity contribution is 0.394. The van der Waals surface area contributed by atoms with E-state index in [-0.39, 0.29) is 0 Å². The van der Waals surface area contributed by atoms with Crippen LogP contribution in [0.5, 0.6) is 0 Å². The van der Waals surface area contributed by atoms with E-state index in [1.54, 1.807) is 6.08 Å². The van der Waals surface area contributed by atoms with E-state index >= 15 is 0 Å². The molecule has 0 saturated carbocycles. The second kappa shape index (κ2) is 2.73. The van der Waals surface area contributed by atoms with Crippen molar-refractivity contribution in [3.63, 3.8) is 0 Å². The van der Waals surface area contributed by atoms with Gasteiger partial charge >= 0.3 is 0 Å². The molecule has 0 aromatic carbocycles. The van der Waals surface area contributed by atoms with Crippen molar-refractivity contribution < 1.29 is 5.11 Å². The summed E-state index contributed by atoms with van der Waals surface area (Å²) >= 11 is 2.24. The Labute approximate surface area is 68.6 Å². The van der Waals surface area contributed by atoms with E-state index in [2.05, 4.69) is 29.5 Å². The third-order valence-corrected chi connectivity index (χ3v) is 2.44. The first-order valence-corrected chi connectivity index (χ1v) is 4.15. The fraction of sp³-hybridized carbons (Fsp3) is 0.429. The molecule has 0 fully saturated rings. The van der Waals surface area contributed by atoms with Crippen LogP contribution < -0.4 is 0 Å². The molecule has 0 aromatic rings. The Morgan fingerprint density at radius 3 is 2.78 bits per heavy atom. The maximum absolute atomic E-state index is 9.10. The molecule has 1 aliphatic rings. The van der Waals surface area contributed by atoms with E-state index in [1.807, 2.05) is 6.08 Å². The number of halogens is 1. The Bertz CT molecular complexity index is 170. The molecule has 1 aliphatic carbocycles. The Morgan fingerprint density at radius 1 is 1.67 bits per heavy atom. The lowest BCUT2D eigenvalue weighted by Gasteiger charge is -2.12. The maximum Gasteiger partial charge on any atom is 0.105 e. The molecular weight excluding hydrogens is 227 g/mol. The van der Waals surface area contributed by atoms with Crippen molar-refractivity contribution in [2.75, 3.05) is 0 Å². The van der Waals surface area contributed by atoms with Crippen molar-refractivity contribution in [2.24, 2.45) is 0 Å². The highest BCUT2D eigenvalue weighted by Gasteiger charge is 2.11. The molecule has 0 amide bonds. The first kappa shape index (κ1) is 7.12. The minimum Gasteiger partial charge on any atom is -0.511 e. The summed E-state index contributed by atoms with van der Waals surface area (Å²) in [5.74, 6) is 0.501. The van der Waals surface area contributed by atoms with Crippen molar-refractivity contribution in [1.29, 1.82) is 0 Å². The van der Waals surface area contributed by atoms with Gasteiger partial charge in [0.2, 0.25) is 0 Å². The summed E-state index contributed by atoms with van der Waals surface area (Å²) in [5, 5.41) is 9.10. The quantitative estimate of drug-likeness (QED) is 0.506. The molecule has 1 rings (SSSR count). The van der Waals surface area contributed by atoms with Crippen LogP contribution in [0.4, 0.5) is 0 Å². The van der Waals surface area contributed by atoms with E-state index in [1.165, 1.54) is 5.57 Å². The zero-order valence-corrected chi connectivity index (χ0v) is 7.42. The lowest BCUT2D eigenvalue weighted by Crippen LogP contribution is -2.05. The average Bonchev–Trinajstić information content (AvgIpc) is 1.80.